The van der Waals surface area contributed by atoms with Gasteiger partial charge in [-0.2, -0.15) is 5.10 Å². The van der Waals surface area contributed by atoms with Crippen LogP contribution in [0.4, 0.5) is 10.6 Å². The van der Waals surface area contributed by atoms with Gasteiger partial charge in [0.2, 0.25) is 0 Å². The monoisotopic (exact) mass is 252 g/mol. The second kappa shape index (κ2) is 5.86. The van der Waals surface area contributed by atoms with Crippen molar-refractivity contribution in [3.8, 4) is 0 Å². The highest BCUT2D eigenvalue weighted by molar-refractivity contribution is 5.88. The summed E-state index contributed by atoms with van der Waals surface area (Å²) in [4.78, 5) is 11.8. The fourth-order valence-electron chi connectivity index (χ4n) is 2.19. The highest BCUT2D eigenvalue weighted by Crippen LogP contribution is 2.18. The number of nitrogens with one attached hydrogen (secondary N) is 2. The van der Waals surface area contributed by atoms with Gasteiger partial charge in [-0.05, 0) is 25.7 Å². The molecule has 1 saturated heterocycles. The van der Waals surface area contributed by atoms with E-state index in [0.29, 0.717) is 11.7 Å². The van der Waals surface area contributed by atoms with E-state index in [4.69, 9.17) is 4.74 Å². The summed E-state index contributed by atoms with van der Waals surface area (Å²) in [5.74, 6) is 1.18. The van der Waals surface area contributed by atoms with E-state index >= 15 is 0 Å². The van der Waals surface area contributed by atoms with Gasteiger partial charge >= 0.3 is 6.03 Å². The first-order valence-corrected chi connectivity index (χ1v) is 6.30. The molecule has 100 valence electrons. The molecule has 0 unspecified atom stereocenters. The van der Waals surface area contributed by atoms with Gasteiger partial charge in [-0.3, -0.25) is 10.00 Å². The van der Waals surface area contributed by atoms with Crippen molar-refractivity contribution >= 4 is 11.8 Å². The number of carbonyl (C=O) groups is 1. The summed E-state index contributed by atoms with van der Waals surface area (Å²) >= 11 is 0. The van der Waals surface area contributed by atoms with E-state index in [0.717, 1.165) is 26.1 Å². The van der Waals surface area contributed by atoms with Crippen molar-refractivity contribution in [1.82, 2.24) is 15.1 Å². The number of aromatic nitrogens is 2. The van der Waals surface area contributed by atoms with E-state index in [2.05, 4.69) is 15.7 Å². The molecule has 2 heterocycles. The Hall–Kier alpha value is -1.56. The number of urea groups is 1. The van der Waals surface area contributed by atoms with Crippen LogP contribution in [0.3, 0.4) is 0 Å². The van der Waals surface area contributed by atoms with Crippen molar-refractivity contribution in [3.63, 3.8) is 0 Å². The van der Waals surface area contributed by atoms with Crippen molar-refractivity contribution in [1.29, 1.82) is 0 Å². The van der Waals surface area contributed by atoms with Crippen molar-refractivity contribution in [2.75, 3.05) is 18.5 Å². The molecular weight excluding hydrogens is 232 g/mol. The van der Waals surface area contributed by atoms with Gasteiger partial charge in [0, 0.05) is 32.4 Å². The molecule has 1 atom stereocenters. The Morgan fingerprint density at radius 1 is 1.56 bits per heavy atom. The lowest BCUT2D eigenvalue weighted by atomic mass is 9.93. The number of rotatable bonds is 3. The van der Waals surface area contributed by atoms with Crippen molar-refractivity contribution < 1.29 is 9.53 Å². The van der Waals surface area contributed by atoms with Crippen LogP contribution in [0.15, 0.2) is 12.3 Å². The molecule has 2 N–H and O–H groups in total. The summed E-state index contributed by atoms with van der Waals surface area (Å²) in [6.45, 7) is 3.62. The fourth-order valence-corrected chi connectivity index (χ4v) is 2.19. The lowest BCUT2D eigenvalue weighted by molar-refractivity contribution is 0.0573. The Morgan fingerprint density at radius 3 is 2.89 bits per heavy atom. The number of anilines is 1. The summed E-state index contributed by atoms with van der Waals surface area (Å²) in [7, 11) is 1.79. The lowest BCUT2D eigenvalue weighted by Gasteiger charge is -2.28. The van der Waals surface area contributed by atoms with Gasteiger partial charge in [-0.1, -0.05) is 0 Å². The second-order valence-electron chi connectivity index (χ2n) is 4.68. The van der Waals surface area contributed by atoms with E-state index in [1.165, 1.54) is 0 Å². The maximum Gasteiger partial charge on any atom is 0.320 e. The van der Waals surface area contributed by atoms with Gasteiger partial charge in [0.05, 0.1) is 6.20 Å². The number of ether oxygens (including phenoxy) is 1. The summed E-state index contributed by atoms with van der Waals surface area (Å²) in [6.07, 6.45) is 3.66. The molecule has 1 aliphatic heterocycles. The van der Waals surface area contributed by atoms with Crippen LogP contribution < -0.4 is 10.6 Å². The third-order valence-corrected chi connectivity index (χ3v) is 3.39. The standard InChI is InChI=1S/C12H20N4O2/c1-9(10-4-7-18-8-5-10)14-12(17)15-11-3-6-13-16(11)2/h3,6,9-10H,4-5,7-8H2,1-2H3,(H2,14,15,17)/t9-/m0/s1. The SMILES string of the molecule is C[C@H](NC(=O)Nc1ccnn1C)C1CCOCC1. The molecule has 1 fully saturated rings. The zero-order valence-corrected chi connectivity index (χ0v) is 10.8. The summed E-state index contributed by atoms with van der Waals surface area (Å²) in [5.41, 5.74) is 0. The zero-order chi connectivity index (χ0) is 13.0. The van der Waals surface area contributed by atoms with Crippen LogP contribution in [0.5, 0.6) is 0 Å². The molecule has 2 amide bonds. The van der Waals surface area contributed by atoms with Crippen molar-refractivity contribution in [3.05, 3.63) is 12.3 Å². The van der Waals surface area contributed by atoms with Crippen LogP contribution in [-0.4, -0.2) is 35.1 Å². The summed E-state index contributed by atoms with van der Waals surface area (Å²) in [5, 5.41) is 9.74. The molecule has 2 rings (SSSR count). The van der Waals surface area contributed by atoms with Crippen LogP contribution in [0, 0.1) is 5.92 Å². The average Bonchev–Trinajstić information content (AvgIpc) is 2.76. The normalized spacial score (nSPS) is 18.3. The topological polar surface area (TPSA) is 68.2 Å². The molecule has 1 aliphatic rings. The third kappa shape index (κ3) is 3.22. The van der Waals surface area contributed by atoms with E-state index in [1.54, 1.807) is 24.0 Å². The molecular formula is C12H20N4O2. The van der Waals surface area contributed by atoms with E-state index in [-0.39, 0.29) is 12.1 Å². The van der Waals surface area contributed by atoms with Crippen LogP contribution in [0.2, 0.25) is 0 Å². The first-order valence-electron chi connectivity index (χ1n) is 6.30. The van der Waals surface area contributed by atoms with Gasteiger partial charge in [0.15, 0.2) is 0 Å². The molecule has 1 aromatic heterocycles. The predicted octanol–water partition coefficient (Wildman–Crippen LogP) is 1.36. The van der Waals surface area contributed by atoms with Crippen LogP contribution >= 0.6 is 0 Å². The maximum atomic E-state index is 11.8. The third-order valence-electron chi connectivity index (χ3n) is 3.39. The summed E-state index contributed by atoms with van der Waals surface area (Å²) < 4.78 is 6.94. The predicted molar refractivity (Wildman–Crippen MR) is 68.4 cm³/mol. The minimum atomic E-state index is -0.183. The lowest BCUT2D eigenvalue weighted by Crippen LogP contribution is -2.42. The Balaban J connectivity index is 1.81. The van der Waals surface area contributed by atoms with Gasteiger partial charge in [0.1, 0.15) is 5.82 Å². The Morgan fingerprint density at radius 2 is 2.28 bits per heavy atom. The Kier molecular flexibility index (Phi) is 4.19. The second-order valence-corrected chi connectivity index (χ2v) is 4.68. The number of carbonyl (C=O) groups excluding carboxylic acids is 1. The number of aryl methyl sites for hydroxylation is 1. The maximum absolute atomic E-state index is 11.8. The quantitative estimate of drug-likeness (QED) is 0.853. The van der Waals surface area contributed by atoms with E-state index < -0.39 is 0 Å². The summed E-state index contributed by atoms with van der Waals surface area (Å²) in [6, 6.07) is 1.73. The minimum Gasteiger partial charge on any atom is -0.381 e. The highest BCUT2D eigenvalue weighted by Gasteiger charge is 2.21. The molecule has 0 spiro atoms. The van der Waals surface area contributed by atoms with E-state index in [9.17, 15) is 4.79 Å². The molecule has 0 radical (unpaired) electrons. The van der Waals surface area contributed by atoms with E-state index in [1.807, 2.05) is 6.92 Å². The van der Waals surface area contributed by atoms with Gasteiger partial charge in [-0.25, -0.2) is 4.79 Å². The molecule has 0 bridgehead atoms. The molecule has 0 aliphatic carbocycles. The molecule has 6 nitrogen and oxygen atoms in total. The Bertz CT molecular complexity index is 399. The van der Waals surface area contributed by atoms with Gasteiger partial charge in [-0.15, -0.1) is 0 Å². The number of hydrogen-bond acceptors (Lipinski definition) is 3. The smallest absolute Gasteiger partial charge is 0.320 e. The van der Waals surface area contributed by atoms with Gasteiger partial charge in [0.25, 0.3) is 0 Å². The molecule has 6 heteroatoms. The number of nitrogens with zero attached hydrogens (tertiary/aromatic N) is 2. The van der Waals surface area contributed by atoms with Gasteiger partial charge < -0.3 is 10.1 Å². The van der Waals surface area contributed by atoms with Crippen LogP contribution in [0.25, 0.3) is 0 Å². The van der Waals surface area contributed by atoms with Crippen LogP contribution in [0.1, 0.15) is 19.8 Å². The molecule has 1 aromatic rings. The minimum absolute atomic E-state index is 0.155. The van der Waals surface area contributed by atoms with Crippen molar-refractivity contribution in [2.24, 2.45) is 13.0 Å². The molecule has 18 heavy (non-hydrogen) atoms. The Labute approximate surface area is 107 Å². The zero-order valence-electron chi connectivity index (χ0n) is 10.8. The van der Waals surface area contributed by atoms with Crippen LogP contribution in [-0.2, 0) is 11.8 Å². The number of hydrogen-bond donors (Lipinski definition) is 2. The average molecular weight is 252 g/mol. The highest BCUT2D eigenvalue weighted by atomic mass is 16.5. The van der Waals surface area contributed by atoms with Crippen molar-refractivity contribution in [2.45, 2.75) is 25.8 Å². The largest absolute Gasteiger partial charge is 0.381 e. The number of amides is 2. The molecule has 0 saturated carbocycles. The molecule has 0 aromatic carbocycles. The fraction of sp³-hybridized carbons (Fsp3) is 0.667. The first-order chi connectivity index (χ1) is 8.66. The first kappa shape index (κ1) is 12.9.